The summed E-state index contributed by atoms with van der Waals surface area (Å²) in [7, 11) is 3.16. The highest BCUT2D eigenvalue weighted by Crippen LogP contribution is 2.31. The fraction of sp³-hybridized carbons (Fsp3) is 0.391. The molecule has 1 saturated carbocycles. The number of aromatic hydroxyl groups is 1. The number of ether oxygens (including phenoxy) is 1. The minimum absolute atomic E-state index is 0.0348. The van der Waals surface area contributed by atoms with Crippen molar-refractivity contribution in [3.63, 3.8) is 0 Å². The first-order chi connectivity index (χ1) is 13.9. The van der Waals surface area contributed by atoms with Gasteiger partial charge < -0.3 is 20.5 Å². The molecule has 3 N–H and O–H groups in total. The zero-order chi connectivity index (χ0) is 21.0. The zero-order valence-corrected chi connectivity index (χ0v) is 16.9. The summed E-state index contributed by atoms with van der Waals surface area (Å²) in [5.74, 6) is -0.520. The van der Waals surface area contributed by atoms with E-state index in [1.54, 1.807) is 30.1 Å². The van der Waals surface area contributed by atoms with Gasteiger partial charge in [0.1, 0.15) is 5.75 Å². The van der Waals surface area contributed by atoms with Gasteiger partial charge in [0.25, 0.3) is 5.91 Å². The lowest BCUT2D eigenvalue weighted by molar-refractivity contribution is -0.146. The van der Waals surface area contributed by atoms with E-state index < -0.39 is 0 Å². The Morgan fingerprint density at radius 2 is 1.69 bits per heavy atom. The molecule has 0 saturated heterocycles. The van der Waals surface area contributed by atoms with Gasteiger partial charge in [0.05, 0.1) is 18.6 Å². The van der Waals surface area contributed by atoms with E-state index in [0.717, 1.165) is 29.5 Å². The van der Waals surface area contributed by atoms with E-state index in [1.165, 1.54) is 7.11 Å². The van der Waals surface area contributed by atoms with Crippen LogP contribution in [0.4, 0.5) is 0 Å². The summed E-state index contributed by atoms with van der Waals surface area (Å²) in [5, 5.41) is 10.3. The van der Waals surface area contributed by atoms with Crippen LogP contribution in [0.25, 0.3) is 11.1 Å². The van der Waals surface area contributed by atoms with Gasteiger partial charge in [0.15, 0.2) is 0 Å². The van der Waals surface area contributed by atoms with Crippen LogP contribution in [0, 0.1) is 5.92 Å². The number of nitrogens with two attached hydrogens (primary N) is 1. The van der Waals surface area contributed by atoms with Gasteiger partial charge in [0, 0.05) is 19.6 Å². The minimum atomic E-state index is -0.218. The molecule has 2 aromatic carbocycles. The maximum Gasteiger partial charge on any atom is 0.308 e. The van der Waals surface area contributed by atoms with Gasteiger partial charge in [-0.2, -0.15) is 0 Å². The number of nitrogens with zero attached hydrogens (tertiary/aromatic N) is 1. The molecule has 0 aliphatic heterocycles. The van der Waals surface area contributed by atoms with Crippen LogP contribution in [0.2, 0.25) is 0 Å². The van der Waals surface area contributed by atoms with E-state index >= 15 is 0 Å². The van der Waals surface area contributed by atoms with Gasteiger partial charge >= 0.3 is 5.97 Å². The fourth-order valence-corrected chi connectivity index (χ4v) is 3.94. The number of hydrogen-bond acceptors (Lipinski definition) is 5. The molecule has 6 nitrogen and oxygen atoms in total. The van der Waals surface area contributed by atoms with E-state index in [0.29, 0.717) is 19.4 Å². The molecule has 0 heterocycles. The standard InChI is InChI=1S/C23H28N2O4/c1-25(19-10-7-17(8-11-19)23(28)29-2)22(27)20-13-18(9-12-21(20)26)16-5-3-15(14-24)4-6-16/h3-6,9,12-13,17,19,26H,7-8,10-11,14,24H2,1-2H3. The summed E-state index contributed by atoms with van der Waals surface area (Å²) in [6.45, 7) is 0.475. The Morgan fingerprint density at radius 3 is 2.28 bits per heavy atom. The summed E-state index contributed by atoms with van der Waals surface area (Å²) in [4.78, 5) is 26.5. The quantitative estimate of drug-likeness (QED) is 0.757. The van der Waals surface area contributed by atoms with Crippen molar-refractivity contribution >= 4 is 11.9 Å². The Morgan fingerprint density at radius 1 is 1.07 bits per heavy atom. The lowest BCUT2D eigenvalue weighted by atomic mass is 9.85. The van der Waals surface area contributed by atoms with Crippen molar-refractivity contribution in [2.45, 2.75) is 38.3 Å². The van der Waals surface area contributed by atoms with Crippen LogP contribution < -0.4 is 5.73 Å². The van der Waals surface area contributed by atoms with Crippen LogP contribution in [0.3, 0.4) is 0 Å². The van der Waals surface area contributed by atoms with Crippen LogP contribution in [0.1, 0.15) is 41.6 Å². The van der Waals surface area contributed by atoms with Crippen LogP contribution in [-0.2, 0) is 16.1 Å². The maximum absolute atomic E-state index is 13.1. The Labute approximate surface area is 171 Å². The number of amides is 1. The average Bonchev–Trinajstić information content (AvgIpc) is 2.78. The van der Waals surface area contributed by atoms with Crippen molar-refractivity contribution in [2.24, 2.45) is 11.7 Å². The van der Waals surface area contributed by atoms with Crippen molar-refractivity contribution in [1.82, 2.24) is 4.90 Å². The molecule has 0 aromatic heterocycles. The predicted octanol–water partition coefficient (Wildman–Crippen LogP) is 3.32. The van der Waals surface area contributed by atoms with Gasteiger partial charge in [-0.25, -0.2) is 0 Å². The number of phenols is 1. The first-order valence-electron chi connectivity index (χ1n) is 9.92. The van der Waals surface area contributed by atoms with Crippen LogP contribution in [-0.4, -0.2) is 42.1 Å². The summed E-state index contributed by atoms with van der Waals surface area (Å²) in [6, 6.07) is 12.9. The van der Waals surface area contributed by atoms with Gasteiger partial charge in [-0.05, 0) is 54.5 Å². The predicted molar refractivity (Wildman–Crippen MR) is 111 cm³/mol. The molecule has 0 bridgehead atoms. The van der Waals surface area contributed by atoms with Crippen molar-refractivity contribution in [3.05, 3.63) is 53.6 Å². The summed E-state index contributed by atoms with van der Waals surface area (Å²) < 4.78 is 4.83. The van der Waals surface area contributed by atoms with E-state index in [-0.39, 0.29) is 35.1 Å². The molecule has 0 unspecified atom stereocenters. The molecule has 1 fully saturated rings. The third kappa shape index (κ3) is 4.59. The molecule has 0 radical (unpaired) electrons. The minimum Gasteiger partial charge on any atom is -0.507 e. The van der Waals surface area contributed by atoms with Gasteiger partial charge in [0.2, 0.25) is 0 Å². The second-order valence-corrected chi connectivity index (χ2v) is 7.58. The van der Waals surface area contributed by atoms with E-state index in [9.17, 15) is 14.7 Å². The Hall–Kier alpha value is -2.86. The highest BCUT2D eigenvalue weighted by atomic mass is 16.5. The molecule has 0 atom stereocenters. The second-order valence-electron chi connectivity index (χ2n) is 7.58. The molecule has 154 valence electrons. The molecule has 1 aliphatic rings. The van der Waals surface area contributed by atoms with E-state index in [2.05, 4.69) is 0 Å². The number of rotatable bonds is 5. The van der Waals surface area contributed by atoms with Crippen LogP contribution >= 0.6 is 0 Å². The van der Waals surface area contributed by atoms with Crippen LogP contribution in [0.5, 0.6) is 5.75 Å². The number of phenolic OH excluding ortho intramolecular Hbond substituents is 1. The molecular weight excluding hydrogens is 368 g/mol. The van der Waals surface area contributed by atoms with Gasteiger partial charge in [-0.15, -0.1) is 0 Å². The summed E-state index contributed by atoms with van der Waals surface area (Å²) in [5.41, 5.74) is 8.78. The van der Waals surface area contributed by atoms with Crippen molar-refractivity contribution in [2.75, 3.05) is 14.2 Å². The first kappa shape index (κ1) is 20.9. The number of hydrogen-bond donors (Lipinski definition) is 2. The number of carbonyl (C=O) groups excluding carboxylic acids is 2. The largest absolute Gasteiger partial charge is 0.507 e. The van der Waals surface area contributed by atoms with Crippen molar-refractivity contribution < 1.29 is 19.4 Å². The van der Waals surface area contributed by atoms with Crippen molar-refractivity contribution in [3.8, 4) is 16.9 Å². The Balaban J connectivity index is 1.75. The monoisotopic (exact) mass is 396 g/mol. The van der Waals surface area contributed by atoms with Crippen molar-refractivity contribution in [1.29, 1.82) is 0 Å². The first-order valence-corrected chi connectivity index (χ1v) is 9.92. The van der Waals surface area contributed by atoms with Gasteiger partial charge in [-0.1, -0.05) is 30.3 Å². The highest BCUT2D eigenvalue weighted by molar-refractivity contribution is 5.98. The molecule has 1 amide bonds. The molecule has 6 heteroatoms. The second kappa shape index (κ2) is 9.09. The molecule has 1 aliphatic carbocycles. The third-order valence-electron chi connectivity index (χ3n) is 5.85. The Bertz CT molecular complexity index is 871. The summed E-state index contributed by atoms with van der Waals surface area (Å²) in [6.07, 6.45) is 2.88. The summed E-state index contributed by atoms with van der Waals surface area (Å²) >= 11 is 0. The molecule has 3 rings (SSSR count). The maximum atomic E-state index is 13.1. The fourth-order valence-electron chi connectivity index (χ4n) is 3.94. The number of esters is 1. The number of carbonyl (C=O) groups is 2. The molecule has 29 heavy (non-hydrogen) atoms. The van der Waals surface area contributed by atoms with Gasteiger partial charge in [-0.3, -0.25) is 9.59 Å². The lowest BCUT2D eigenvalue weighted by Gasteiger charge is -2.34. The van der Waals surface area contributed by atoms with Crippen LogP contribution in [0.15, 0.2) is 42.5 Å². The highest BCUT2D eigenvalue weighted by Gasteiger charge is 2.31. The topological polar surface area (TPSA) is 92.9 Å². The number of benzene rings is 2. The zero-order valence-electron chi connectivity index (χ0n) is 16.9. The third-order valence-corrected chi connectivity index (χ3v) is 5.85. The average molecular weight is 396 g/mol. The van der Waals surface area contributed by atoms with E-state index in [4.69, 9.17) is 10.5 Å². The molecular formula is C23H28N2O4. The lowest BCUT2D eigenvalue weighted by Crippen LogP contribution is -2.40. The Kier molecular flexibility index (Phi) is 6.54. The molecule has 0 spiro atoms. The normalized spacial score (nSPS) is 18.9. The smallest absolute Gasteiger partial charge is 0.308 e. The SMILES string of the molecule is COC(=O)C1CCC(N(C)C(=O)c2cc(-c3ccc(CN)cc3)ccc2O)CC1. The number of methoxy groups -OCH3 is 1. The molecule has 2 aromatic rings. The van der Waals surface area contributed by atoms with E-state index in [1.807, 2.05) is 24.3 Å².